The van der Waals surface area contributed by atoms with Crippen molar-refractivity contribution in [1.82, 2.24) is 5.32 Å². The number of benzene rings is 2. The number of halogens is 1. The summed E-state index contributed by atoms with van der Waals surface area (Å²) in [6, 6.07) is 13.4. The first-order valence-corrected chi connectivity index (χ1v) is 7.99. The average Bonchev–Trinajstić information content (AvgIpc) is 3.40. The molecular weight excluding hydrogens is 325 g/mol. The smallest absolute Gasteiger partial charge is 0.407 e. The summed E-state index contributed by atoms with van der Waals surface area (Å²) >= 11 is 0. The molecule has 2 atom stereocenters. The van der Waals surface area contributed by atoms with Crippen molar-refractivity contribution in [1.29, 1.82) is 0 Å². The van der Waals surface area contributed by atoms with Crippen LogP contribution in [0, 0.1) is 11.7 Å². The molecule has 2 unspecified atom stereocenters. The fourth-order valence-electron chi connectivity index (χ4n) is 2.72. The third-order valence-electron chi connectivity index (χ3n) is 4.21. The number of carbonyl (C=O) groups excluding carboxylic acids is 1. The molecule has 2 N–H and O–H groups in total. The Bertz CT molecular complexity index is 775. The molecule has 0 bridgehead atoms. The largest absolute Gasteiger partial charge is 0.481 e. The van der Waals surface area contributed by atoms with E-state index in [4.69, 9.17) is 9.84 Å². The van der Waals surface area contributed by atoms with Crippen LogP contribution in [0.5, 0.6) is 0 Å². The molecule has 1 aliphatic carbocycles. The Morgan fingerprint density at radius 2 is 1.92 bits per heavy atom. The Balaban J connectivity index is 1.44. The third-order valence-corrected chi connectivity index (χ3v) is 4.21. The molecular formula is C19H18FNO4. The lowest BCUT2D eigenvalue weighted by Gasteiger charge is -2.08. The van der Waals surface area contributed by atoms with Crippen LogP contribution in [0.1, 0.15) is 29.0 Å². The molecule has 1 saturated carbocycles. The minimum absolute atomic E-state index is 0.0852. The van der Waals surface area contributed by atoms with Crippen LogP contribution in [0.15, 0.2) is 48.5 Å². The average molecular weight is 343 g/mol. The van der Waals surface area contributed by atoms with Crippen molar-refractivity contribution < 1.29 is 23.8 Å². The van der Waals surface area contributed by atoms with Gasteiger partial charge >= 0.3 is 12.1 Å². The van der Waals surface area contributed by atoms with E-state index in [2.05, 4.69) is 5.32 Å². The van der Waals surface area contributed by atoms with Gasteiger partial charge in [-0.2, -0.15) is 0 Å². The highest BCUT2D eigenvalue weighted by Crippen LogP contribution is 2.47. The van der Waals surface area contributed by atoms with Crippen molar-refractivity contribution in [2.45, 2.75) is 25.5 Å². The first-order chi connectivity index (χ1) is 12.0. The van der Waals surface area contributed by atoms with E-state index in [1.54, 1.807) is 12.1 Å². The number of amides is 1. The van der Waals surface area contributed by atoms with Gasteiger partial charge in [0.1, 0.15) is 12.4 Å². The number of ether oxygens (including phenoxy) is 1. The maximum Gasteiger partial charge on any atom is 0.407 e. The standard InChI is InChI=1S/C19H18FNO4/c20-15-3-1-2-13(8-15)10-21-19(24)25-11-12-4-6-14(7-5-12)16-9-17(16)18(22)23/h1-8,16-17H,9-11H2,(H,21,24)(H,22,23). The van der Waals surface area contributed by atoms with E-state index < -0.39 is 12.1 Å². The molecule has 0 saturated heterocycles. The fraction of sp³-hybridized carbons (Fsp3) is 0.263. The van der Waals surface area contributed by atoms with Gasteiger partial charge < -0.3 is 15.2 Å². The highest BCUT2D eigenvalue weighted by atomic mass is 19.1. The number of carbonyl (C=O) groups is 2. The van der Waals surface area contributed by atoms with Gasteiger partial charge in [-0.3, -0.25) is 4.79 Å². The number of hydrogen-bond donors (Lipinski definition) is 2. The summed E-state index contributed by atoms with van der Waals surface area (Å²) in [5.74, 6) is -1.31. The number of rotatable bonds is 6. The monoisotopic (exact) mass is 343 g/mol. The molecule has 1 aliphatic rings. The molecule has 0 spiro atoms. The van der Waals surface area contributed by atoms with Gasteiger partial charge in [-0.15, -0.1) is 0 Å². The van der Waals surface area contributed by atoms with E-state index in [9.17, 15) is 14.0 Å². The van der Waals surface area contributed by atoms with Gasteiger partial charge in [-0.1, -0.05) is 36.4 Å². The molecule has 0 aromatic heterocycles. The Hall–Kier alpha value is -2.89. The first-order valence-electron chi connectivity index (χ1n) is 7.99. The van der Waals surface area contributed by atoms with E-state index in [0.29, 0.717) is 12.0 Å². The molecule has 2 aromatic rings. The summed E-state index contributed by atoms with van der Waals surface area (Å²) in [6.07, 6.45) is 0.0923. The number of alkyl carbamates (subject to hydrolysis) is 1. The Morgan fingerprint density at radius 1 is 1.16 bits per heavy atom. The zero-order valence-corrected chi connectivity index (χ0v) is 13.4. The van der Waals surface area contributed by atoms with E-state index in [-0.39, 0.29) is 30.8 Å². The van der Waals surface area contributed by atoms with Gasteiger partial charge in [-0.25, -0.2) is 9.18 Å². The summed E-state index contributed by atoms with van der Waals surface area (Å²) in [5, 5.41) is 11.5. The van der Waals surface area contributed by atoms with Crippen LogP contribution in [-0.2, 0) is 22.7 Å². The predicted octanol–water partition coefficient (Wildman–Crippen LogP) is 3.44. The number of carboxylic acids is 1. The zero-order valence-electron chi connectivity index (χ0n) is 13.4. The lowest BCUT2D eigenvalue weighted by Crippen LogP contribution is -2.23. The van der Waals surface area contributed by atoms with E-state index in [0.717, 1.165) is 11.1 Å². The van der Waals surface area contributed by atoms with E-state index in [1.165, 1.54) is 12.1 Å². The molecule has 130 valence electrons. The van der Waals surface area contributed by atoms with Crippen LogP contribution < -0.4 is 5.32 Å². The van der Waals surface area contributed by atoms with Gasteiger partial charge in [0.2, 0.25) is 0 Å². The van der Waals surface area contributed by atoms with Crippen molar-refractivity contribution in [2.75, 3.05) is 0 Å². The quantitative estimate of drug-likeness (QED) is 0.842. The number of aliphatic carboxylic acids is 1. The summed E-state index contributed by atoms with van der Waals surface area (Å²) < 4.78 is 18.2. The van der Waals surface area contributed by atoms with Crippen LogP contribution in [-0.4, -0.2) is 17.2 Å². The molecule has 25 heavy (non-hydrogen) atoms. The summed E-state index contributed by atoms with van der Waals surface area (Å²) in [4.78, 5) is 22.6. The second-order valence-corrected chi connectivity index (χ2v) is 6.09. The van der Waals surface area contributed by atoms with Crippen LogP contribution in [0.4, 0.5) is 9.18 Å². The summed E-state index contributed by atoms with van der Waals surface area (Å²) in [6.45, 7) is 0.302. The molecule has 1 amide bonds. The molecule has 0 heterocycles. The SMILES string of the molecule is O=C(NCc1cccc(F)c1)OCc1ccc(C2CC2C(=O)O)cc1. The molecule has 5 nitrogen and oxygen atoms in total. The Morgan fingerprint density at radius 3 is 2.56 bits per heavy atom. The van der Waals surface area contributed by atoms with Crippen LogP contribution in [0.3, 0.4) is 0 Å². The van der Waals surface area contributed by atoms with Crippen LogP contribution >= 0.6 is 0 Å². The predicted molar refractivity (Wildman–Crippen MR) is 88.4 cm³/mol. The Kier molecular flexibility index (Phi) is 4.97. The topological polar surface area (TPSA) is 75.6 Å². The molecule has 1 fully saturated rings. The number of carboxylic acid groups (broad SMARTS) is 1. The van der Waals surface area contributed by atoms with Crippen molar-refractivity contribution in [3.05, 3.63) is 71.0 Å². The van der Waals surface area contributed by atoms with Gasteiger partial charge in [0.25, 0.3) is 0 Å². The lowest BCUT2D eigenvalue weighted by molar-refractivity contribution is -0.138. The fourth-order valence-corrected chi connectivity index (χ4v) is 2.72. The van der Waals surface area contributed by atoms with Crippen molar-refractivity contribution in [2.24, 2.45) is 5.92 Å². The summed E-state index contributed by atoms with van der Waals surface area (Å²) in [7, 11) is 0. The first kappa shape index (κ1) is 17.0. The minimum Gasteiger partial charge on any atom is -0.481 e. The highest BCUT2D eigenvalue weighted by Gasteiger charge is 2.43. The zero-order chi connectivity index (χ0) is 17.8. The van der Waals surface area contributed by atoms with Crippen molar-refractivity contribution in [3.63, 3.8) is 0 Å². The Labute approximate surface area is 144 Å². The second-order valence-electron chi connectivity index (χ2n) is 6.09. The van der Waals surface area contributed by atoms with Crippen molar-refractivity contribution >= 4 is 12.1 Å². The van der Waals surface area contributed by atoms with E-state index >= 15 is 0 Å². The number of hydrogen-bond acceptors (Lipinski definition) is 3. The minimum atomic E-state index is -0.757. The second kappa shape index (κ2) is 7.34. The molecule has 6 heteroatoms. The van der Waals surface area contributed by atoms with Crippen LogP contribution in [0.25, 0.3) is 0 Å². The normalized spacial score (nSPS) is 18.4. The number of nitrogens with one attached hydrogen (secondary N) is 1. The van der Waals surface area contributed by atoms with Gasteiger partial charge in [-0.05, 0) is 41.2 Å². The molecule has 0 radical (unpaired) electrons. The molecule has 0 aliphatic heterocycles. The van der Waals surface area contributed by atoms with Gasteiger partial charge in [0, 0.05) is 6.54 Å². The third kappa shape index (κ3) is 4.56. The van der Waals surface area contributed by atoms with E-state index in [1.807, 2.05) is 24.3 Å². The van der Waals surface area contributed by atoms with Gasteiger partial charge in [0.05, 0.1) is 5.92 Å². The van der Waals surface area contributed by atoms with Crippen LogP contribution in [0.2, 0.25) is 0 Å². The lowest BCUT2D eigenvalue weighted by atomic mass is 10.1. The maximum atomic E-state index is 13.0. The summed E-state index contributed by atoms with van der Waals surface area (Å²) in [5.41, 5.74) is 2.46. The van der Waals surface area contributed by atoms with Gasteiger partial charge in [0.15, 0.2) is 0 Å². The van der Waals surface area contributed by atoms with Crippen molar-refractivity contribution in [3.8, 4) is 0 Å². The molecule has 3 rings (SSSR count). The highest BCUT2D eigenvalue weighted by molar-refractivity contribution is 5.75. The maximum absolute atomic E-state index is 13.0. The molecule has 2 aromatic carbocycles.